The second-order valence-electron chi connectivity index (χ2n) is 5.73. The fourth-order valence-corrected chi connectivity index (χ4v) is 3.15. The minimum atomic E-state index is -0.157. The molecule has 0 spiro atoms. The van der Waals surface area contributed by atoms with Crippen LogP contribution < -0.4 is 5.01 Å². The van der Waals surface area contributed by atoms with Gasteiger partial charge in [0.25, 0.3) is 11.9 Å². The molecule has 4 rings (SSSR count). The van der Waals surface area contributed by atoms with E-state index in [9.17, 15) is 4.79 Å². The van der Waals surface area contributed by atoms with Crippen molar-refractivity contribution in [3.8, 4) is 11.3 Å². The van der Waals surface area contributed by atoms with E-state index in [2.05, 4.69) is 15.1 Å². The highest BCUT2D eigenvalue weighted by atomic mass is 35.5. The van der Waals surface area contributed by atoms with Gasteiger partial charge in [0, 0.05) is 26.7 Å². The number of nitrogens with zero attached hydrogens (tertiary/aromatic N) is 4. The van der Waals surface area contributed by atoms with E-state index in [1.165, 1.54) is 5.01 Å². The van der Waals surface area contributed by atoms with Gasteiger partial charge < -0.3 is 0 Å². The molecular weight excluding hydrogens is 359 g/mol. The topological polar surface area (TPSA) is 58.5 Å². The summed E-state index contributed by atoms with van der Waals surface area (Å²) in [5.74, 6) is 0.0718. The number of anilines is 1. The Bertz CT molecular complexity index is 1050. The first-order chi connectivity index (χ1) is 12.0. The fraction of sp³-hybridized carbons (Fsp3) is 0.111. The molecule has 1 aliphatic rings. The van der Waals surface area contributed by atoms with Crippen molar-refractivity contribution in [2.24, 2.45) is 5.10 Å². The molecule has 0 unspecified atom stereocenters. The van der Waals surface area contributed by atoms with Crippen molar-refractivity contribution < 1.29 is 4.79 Å². The molecule has 2 heterocycles. The van der Waals surface area contributed by atoms with Crippen LogP contribution in [0.15, 0.2) is 47.6 Å². The summed E-state index contributed by atoms with van der Waals surface area (Å²) in [4.78, 5) is 21.2. The molecule has 124 valence electrons. The molecule has 2 aromatic carbocycles. The van der Waals surface area contributed by atoms with Crippen molar-refractivity contribution in [1.82, 2.24) is 9.97 Å². The summed E-state index contributed by atoms with van der Waals surface area (Å²) in [6.45, 7) is 1.80. The summed E-state index contributed by atoms with van der Waals surface area (Å²) < 4.78 is 0. The van der Waals surface area contributed by atoms with Crippen molar-refractivity contribution in [3.63, 3.8) is 0 Å². The maximum atomic E-state index is 12.2. The second-order valence-corrected chi connectivity index (χ2v) is 6.57. The standard InChI is InChI=1S/C18H12Cl2N4O/c1-10-8-16(25)24(23-10)18-21-15-7-6-11(19)9-13(15)17(22-18)12-4-2-3-5-14(12)20/h2-7,9H,8H2,1H3. The molecule has 25 heavy (non-hydrogen) atoms. The molecule has 0 saturated carbocycles. The summed E-state index contributed by atoms with van der Waals surface area (Å²) >= 11 is 12.5. The fourth-order valence-electron chi connectivity index (χ4n) is 2.75. The Morgan fingerprint density at radius 3 is 2.60 bits per heavy atom. The van der Waals surface area contributed by atoms with Crippen LogP contribution in [0, 0.1) is 0 Å². The lowest BCUT2D eigenvalue weighted by molar-refractivity contribution is -0.117. The molecule has 0 N–H and O–H groups in total. The highest BCUT2D eigenvalue weighted by Gasteiger charge is 2.26. The minimum Gasteiger partial charge on any atom is -0.272 e. The molecule has 7 heteroatoms. The van der Waals surface area contributed by atoms with Gasteiger partial charge in [0.15, 0.2) is 0 Å². The van der Waals surface area contributed by atoms with Gasteiger partial charge in [-0.05, 0) is 31.2 Å². The number of hydrogen-bond acceptors (Lipinski definition) is 4. The van der Waals surface area contributed by atoms with Crippen LogP contribution in [0.25, 0.3) is 22.2 Å². The van der Waals surface area contributed by atoms with Crippen LogP contribution in [0.5, 0.6) is 0 Å². The number of carbonyl (C=O) groups is 1. The van der Waals surface area contributed by atoms with Crippen LogP contribution in [0.3, 0.4) is 0 Å². The maximum absolute atomic E-state index is 12.2. The van der Waals surface area contributed by atoms with Crippen LogP contribution in [-0.2, 0) is 4.79 Å². The average Bonchev–Trinajstić information content (AvgIpc) is 2.93. The number of halogens is 2. The Balaban J connectivity index is 2.01. The molecular formula is C18H12Cl2N4O. The molecule has 0 aliphatic carbocycles. The van der Waals surface area contributed by atoms with Gasteiger partial charge in [0.2, 0.25) is 0 Å². The number of fused-ring (bicyclic) bond motifs is 1. The van der Waals surface area contributed by atoms with Crippen LogP contribution in [0.1, 0.15) is 13.3 Å². The normalized spacial score (nSPS) is 14.3. The van der Waals surface area contributed by atoms with E-state index < -0.39 is 0 Å². The zero-order valence-corrected chi connectivity index (χ0v) is 14.7. The predicted octanol–water partition coefficient (Wildman–Crippen LogP) is 4.72. The highest BCUT2D eigenvalue weighted by molar-refractivity contribution is 6.34. The molecule has 1 aromatic heterocycles. The third-order valence-electron chi connectivity index (χ3n) is 3.88. The first-order valence-electron chi connectivity index (χ1n) is 7.62. The third kappa shape index (κ3) is 2.86. The van der Waals surface area contributed by atoms with Gasteiger partial charge in [-0.1, -0.05) is 41.4 Å². The van der Waals surface area contributed by atoms with E-state index >= 15 is 0 Å². The van der Waals surface area contributed by atoms with Gasteiger partial charge in [0.05, 0.1) is 17.6 Å². The smallest absolute Gasteiger partial charge is 0.255 e. The van der Waals surface area contributed by atoms with Gasteiger partial charge in [-0.3, -0.25) is 4.79 Å². The lowest BCUT2D eigenvalue weighted by Crippen LogP contribution is -2.22. The lowest BCUT2D eigenvalue weighted by atomic mass is 10.1. The summed E-state index contributed by atoms with van der Waals surface area (Å²) in [5.41, 5.74) is 2.74. The number of aromatic nitrogens is 2. The number of amides is 1. The van der Waals surface area contributed by atoms with Crippen LogP contribution in [0.4, 0.5) is 5.95 Å². The predicted molar refractivity (Wildman–Crippen MR) is 100 cm³/mol. The largest absolute Gasteiger partial charge is 0.272 e. The van der Waals surface area contributed by atoms with Crippen molar-refractivity contribution in [1.29, 1.82) is 0 Å². The van der Waals surface area contributed by atoms with Gasteiger partial charge in [-0.15, -0.1) is 0 Å². The molecule has 3 aromatic rings. The summed E-state index contributed by atoms with van der Waals surface area (Å²) in [6, 6.07) is 12.7. The van der Waals surface area contributed by atoms with Crippen molar-refractivity contribution >= 4 is 51.7 Å². The molecule has 0 saturated heterocycles. The molecule has 1 aliphatic heterocycles. The number of benzene rings is 2. The Kier molecular flexibility index (Phi) is 3.90. The zero-order chi connectivity index (χ0) is 17.6. The average molecular weight is 371 g/mol. The number of carbonyl (C=O) groups excluding carboxylic acids is 1. The number of hydrazone groups is 1. The molecule has 0 radical (unpaired) electrons. The first kappa shape index (κ1) is 16.0. The zero-order valence-electron chi connectivity index (χ0n) is 13.2. The molecule has 5 nitrogen and oxygen atoms in total. The van der Waals surface area contributed by atoms with E-state index in [1.807, 2.05) is 18.2 Å². The lowest BCUT2D eigenvalue weighted by Gasteiger charge is -2.14. The van der Waals surface area contributed by atoms with E-state index in [0.717, 1.165) is 16.7 Å². The quantitative estimate of drug-likeness (QED) is 0.655. The van der Waals surface area contributed by atoms with E-state index in [0.29, 0.717) is 21.3 Å². The highest BCUT2D eigenvalue weighted by Crippen LogP contribution is 2.34. The van der Waals surface area contributed by atoms with Gasteiger partial charge in [-0.2, -0.15) is 10.1 Å². The molecule has 0 fully saturated rings. The first-order valence-corrected chi connectivity index (χ1v) is 8.38. The number of rotatable bonds is 2. The summed E-state index contributed by atoms with van der Waals surface area (Å²) in [5, 5.41) is 7.37. The summed E-state index contributed by atoms with van der Waals surface area (Å²) in [6.07, 6.45) is 0.267. The van der Waals surface area contributed by atoms with Crippen LogP contribution >= 0.6 is 23.2 Å². The summed E-state index contributed by atoms with van der Waals surface area (Å²) in [7, 11) is 0. The molecule has 0 atom stereocenters. The minimum absolute atomic E-state index is 0.157. The maximum Gasteiger partial charge on any atom is 0.255 e. The number of hydrogen-bond donors (Lipinski definition) is 0. The van der Waals surface area contributed by atoms with E-state index in [-0.39, 0.29) is 18.3 Å². The molecule has 0 bridgehead atoms. The Morgan fingerprint density at radius 2 is 1.88 bits per heavy atom. The monoisotopic (exact) mass is 370 g/mol. The van der Waals surface area contributed by atoms with Crippen LogP contribution in [-0.4, -0.2) is 21.6 Å². The Hall–Kier alpha value is -2.50. The SMILES string of the molecule is CC1=NN(c2nc(-c3ccccc3Cl)c3cc(Cl)ccc3n2)C(=O)C1. The van der Waals surface area contributed by atoms with Crippen molar-refractivity contribution in [2.75, 3.05) is 5.01 Å². The van der Waals surface area contributed by atoms with Crippen molar-refractivity contribution in [2.45, 2.75) is 13.3 Å². The van der Waals surface area contributed by atoms with Gasteiger partial charge in [-0.25, -0.2) is 9.97 Å². The molecule has 1 amide bonds. The Morgan fingerprint density at radius 1 is 1.08 bits per heavy atom. The van der Waals surface area contributed by atoms with Crippen LogP contribution in [0.2, 0.25) is 10.0 Å². The third-order valence-corrected chi connectivity index (χ3v) is 4.44. The van der Waals surface area contributed by atoms with E-state index in [4.69, 9.17) is 23.2 Å². The Labute approximate surface area is 153 Å². The van der Waals surface area contributed by atoms with Gasteiger partial charge >= 0.3 is 0 Å². The van der Waals surface area contributed by atoms with Crippen molar-refractivity contribution in [3.05, 3.63) is 52.5 Å². The second kappa shape index (κ2) is 6.10. The van der Waals surface area contributed by atoms with E-state index in [1.54, 1.807) is 31.2 Å². The van der Waals surface area contributed by atoms with Gasteiger partial charge in [0.1, 0.15) is 0 Å².